The summed E-state index contributed by atoms with van der Waals surface area (Å²) in [6.07, 6.45) is 2.84. The van der Waals surface area contributed by atoms with E-state index in [9.17, 15) is 14.0 Å². The molecule has 27 heavy (non-hydrogen) atoms. The van der Waals surface area contributed by atoms with Gasteiger partial charge in [-0.3, -0.25) is 9.59 Å². The standard InChI is InChI=1S/C21H22ClFN2O2/c1-13-9-14(2)21(15(3)10-13)24-19(26)12-25(4)20(27)8-6-16-5-7-18(23)17(22)11-16/h5-11H,12H2,1-4H3,(H,24,26)/b8-6+. The van der Waals surface area contributed by atoms with Crippen LogP contribution in [0.25, 0.3) is 6.08 Å². The Hall–Kier alpha value is -2.66. The first kappa shape index (κ1) is 20.6. The van der Waals surface area contributed by atoms with E-state index in [0.29, 0.717) is 5.56 Å². The van der Waals surface area contributed by atoms with E-state index in [1.54, 1.807) is 7.05 Å². The summed E-state index contributed by atoms with van der Waals surface area (Å²) in [7, 11) is 1.54. The molecule has 0 saturated heterocycles. The number of aryl methyl sites for hydroxylation is 3. The zero-order valence-corrected chi connectivity index (χ0v) is 16.5. The maximum absolute atomic E-state index is 13.2. The number of likely N-dealkylation sites (N-methyl/N-ethyl adjacent to an activating group) is 1. The van der Waals surface area contributed by atoms with Crippen LogP contribution >= 0.6 is 11.6 Å². The number of anilines is 1. The van der Waals surface area contributed by atoms with Gasteiger partial charge in [0.2, 0.25) is 11.8 Å². The number of hydrogen-bond acceptors (Lipinski definition) is 2. The molecule has 0 fully saturated rings. The van der Waals surface area contributed by atoms with Gasteiger partial charge in [-0.1, -0.05) is 35.4 Å². The number of halogens is 2. The van der Waals surface area contributed by atoms with Gasteiger partial charge in [0, 0.05) is 18.8 Å². The first-order valence-electron chi connectivity index (χ1n) is 8.43. The quantitative estimate of drug-likeness (QED) is 0.766. The molecule has 0 radical (unpaired) electrons. The van der Waals surface area contributed by atoms with Crippen molar-refractivity contribution in [2.45, 2.75) is 20.8 Å². The number of nitrogens with zero attached hydrogens (tertiary/aromatic N) is 1. The average Bonchev–Trinajstić information content (AvgIpc) is 2.58. The number of carbonyl (C=O) groups excluding carboxylic acids is 2. The number of rotatable bonds is 5. The van der Waals surface area contributed by atoms with E-state index in [1.165, 1.54) is 35.3 Å². The molecule has 2 aromatic rings. The van der Waals surface area contributed by atoms with Crippen LogP contribution in [0.1, 0.15) is 22.3 Å². The minimum atomic E-state index is -0.518. The molecular weight excluding hydrogens is 367 g/mol. The van der Waals surface area contributed by atoms with Crippen LogP contribution in [0, 0.1) is 26.6 Å². The zero-order valence-electron chi connectivity index (χ0n) is 15.8. The molecular formula is C21H22ClFN2O2. The summed E-state index contributed by atoms with van der Waals surface area (Å²) >= 11 is 5.72. The van der Waals surface area contributed by atoms with E-state index < -0.39 is 5.82 Å². The fourth-order valence-electron chi connectivity index (χ4n) is 2.76. The molecule has 0 atom stereocenters. The van der Waals surface area contributed by atoms with Gasteiger partial charge in [-0.25, -0.2) is 4.39 Å². The summed E-state index contributed by atoms with van der Waals surface area (Å²) in [5.41, 5.74) is 4.44. The van der Waals surface area contributed by atoms with Crippen LogP contribution in [0.3, 0.4) is 0 Å². The molecule has 0 aromatic heterocycles. The molecule has 2 rings (SSSR count). The first-order chi connectivity index (χ1) is 12.7. The molecule has 0 saturated carbocycles. The molecule has 0 heterocycles. The summed E-state index contributed by atoms with van der Waals surface area (Å²) < 4.78 is 13.2. The highest BCUT2D eigenvalue weighted by molar-refractivity contribution is 6.30. The van der Waals surface area contributed by atoms with E-state index in [4.69, 9.17) is 11.6 Å². The van der Waals surface area contributed by atoms with Crippen molar-refractivity contribution < 1.29 is 14.0 Å². The highest BCUT2D eigenvalue weighted by Gasteiger charge is 2.13. The molecule has 1 N–H and O–H groups in total. The summed E-state index contributed by atoms with van der Waals surface area (Å²) in [5.74, 6) is -1.14. The van der Waals surface area contributed by atoms with Crippen LogP contribution in [0.15, 0.2) is 36.4 Å². The van der Waals surface area contributed by atoms with E-state index in [1.807, 2.05) is 32.9 Å². The Morgan fingerprint density at radius 2 is 1.78 bits per heavy atom. The molecule has 2 amide bonds. The second-order valence-electron chi connectivity index (χ2n) is 6.52. The molecule has 0 spiro atoms. The molecule has 2 aromatic carbocycles. The van der Waals surface area contributed by atoms with Crippen LogP contribution in [-0.4, -0.2) is 30.3 Å². The lowest BCUT2D eigenvalue weighted by atomic mass is 10.1. The molecule has 0 unspecified atom stereocenters. The Morgan fingerprint density at radius 3 is 2.37 bits per heavy atom. The smallest absolute Gasteiger partial charge is 0.246 e. The summed E-state index contributed by atoms with van der Waals surface area (Å²) in [6.45, 7) is 5.78. The molecule has 0 bridgehead atoms. The maximum atomic E-state index is 13.2. The lowest BCUT2D eigenvalue weighted by Gasteiger charge is -2.17. The monoisotopic (exact) mass is 388 g/mol. The van der Waals surface area contributed by atoms with E-state index >= 15 is 0 Å². The van der Waals surface area contributed by atoms with Crippen LogP contribution in [0.4, 0.5) is 10.1 Å². The fourth-order valence-corrected chi connectivity index (χ4v) is 2.95. The number of carbonyl (C=O) groups is 2. The second-order valence-corrected chi connectivity index (χ2v) is 6.93. The fraction of sp³-hybridized carbons (Fsp3) is 0.238. The predicted molar refractivity (Wildman–Crippen MR) is 107 cm³/mol. The normalized spacial score (nSPS) is 10.9. The van der Waals surface area contributed by atoms with Crippen molar-refractivity contribution in [3.8, 4) is 0 Å². The van der Waals surface area contributed by atoms with Crippen LogP contribution in [-0.2, 0) is 9.59 Å². The molecule has 142 valence electrons. The number of amides is 2. The average molecular weight is 389 g/mol. The lowest BCUT2D eigenvalue weighted by Crippen LogP contribution is -2.34. The Bertz CT molecular complexity index is 886. The van der Waals surface area contributed by atoms with Crippen LogP contribution < -0.4 is 5.32 Å². The largest absolute Gasteiger partial charge is 0.333 e. The van der Waals surface area contributed by atoms with Crippen molar-refractivity contribution in [1.29, 1.82) is 0 Å². The van der Waals surface area contributed by atoms with Gasteiger partial charge in [0.25, 0.3) is 0 Å². The predicted octanol–water partition coefficient (Wildman–Crippen LogP) is 4.51. The topological polar surface area (TPSA) is 49.4 Å². The van der Waals surface area contributed by atoms with E-state index in [0.717, 1.165) is 22.4 Å². The third kappa shape index (κ3) is 5.66. The molecule has 4 nitrogen and oxygen atoms in total. The number of benzene rings is 2. The Labute approximate surface area is 163 Å². The highest BCUT2D eigenvalue weighted by atomic mass is 35.5. The second kappa shape index (κ2) is 8.82. The molecule has 0 aliphatic carbocycles. The van der Waals surface area contributed by atoms with Gasteiger partial charge < -0.3 is 10.2 Å². The maximum Gasteiger partial charge on any atom is 0.246 e. The lowest BCUT2D eigenvalue weighted by molar-refractivity contribution is -0.129. The minimum Gasteiger partial charge on any atom is -0.333 e. The van der Waals surface area contributed by atoms with E-state index in [2.05, 4.69) is 5.32 Å². The molecule has 0 aliphatic heterocycles. The van der Waals surface area contributed by atoms with Crippen molar-refractivity contribution >= 4 is 35.2 Å². The Morgan fingerprint density at radius 1 is 1.15 bits per heavy atom. The van der Waals surface area contributed by atoms with Crippen LogP contribution in [0.2, 0.25) is 5.02 Å². The van der Waals surface area contributed by atoms with Crippen molar-refractivity contribution in [2.75, 3.05) is 18.9 Å². The van der Waals surface area contributed by atoms with Gasteiger partial charge >= 0.3 is 0 Å². The molecule has 0 aliphatic rings. The van der Waals surface area contributed by atoms with Crippen molar-refractivity contribution in [1.82, 2.24) is 4.90 Å². The Balaban J connectivity index is 1.98. The zero-order chi connectivity index (χ0) is 20.1. The van der Waals surface area contributed by atoms with Gasteiger partial charge in [0.05, 0.1) is 11.6 Å². The van der Waals surface area contributed by atoms with Gasteiger partial charge in [-0.15, -0.1) is 0 Å². The van der Waals surface area contributed by atoms with Crippen molar-refractivity contribution in [3.05, 3.63) is 69.5 Å². The van der Waals surface area contributed by atoms with Gasteiger partial charge in [-0.05, 0) is 55.7 Å². The van der Waals surface area contributed by atoms with Crippen molar-refractivity contribution in [3.63, 3.8) is 0 Å². The highest BCUT2D eigenvalue weighted by Crippen LogP contribution is 2.22. The minimum absolute atomic E-state index is 0.0128. The number of hydrogen-bond donors (Lipinski definition) is 1. The van der Waals surface area contributed by atoms with E-state index in [-0.39, 0.29) is 23.4 Å². The summed E-state index contributed by atoms with van der Waals surface area (Å²) in [5, 5.41) is 2.85. The SMILES string of the molecule is Cc1cc(C)c(NC(=O)CN(C)C(=O)/C=C/c2ccc(F)c(Cl)c2)c(C)c1. The van der Waals surface area contributed by atoms with Gasteiger partial charge in [0.15, 0.2) is 0 Å². The third-order valence-electron chi connectivity index (χ3n) is 4.06. The summed E-state index contributed by atoms with van der Waals surface area (Å²) in [4.78, 5) is 25.8. The third-order valence-corrected chi connectivity index (χ3v) is 4.35. The van der Waals surface area contributed by atoms with Gasteiger partial charge in [-0.2, -0.15) is 0 Å². The van der Waals surface area contributed by atoms with Crippen molar-refractivity contribution in [2.24, 2.45) is 0 Å². The van der Waals surface area contributed by atoms with Gasteiger partial charge in [0.1, 0.15) is 5.82 Å². The summed E-state index contributed by atoms with van der Waals surface area (Å²) in [6, 6.07) is 8.16. The molecule has 6 heteroatoms. The number of nitrogens with one attached hydrogen (secondary N) is 1. The first-order valence-corrected chi connectivity index (χ1v) is 8.81. The Kier molecular flexibility index (Phi) is 6.75. The van der Waals surface area contributed by atoms with Crippen LogP contribution in [0.5, 0.6) is 0 Å².